The van der Waals surface area contributed by atoms with Gasteiger partial charge in [-0.15, -0.1) is 0 Å². The third-order valence-electron chi connectivity index (χ3n) is 2.56. The van der Waals surface area contributed by atoms with Crippen molar-refractivity contribution >= 4 is 21.8 Å². The molecule has 3 nitrogen and oxygen atoms in total. The highest BCUT2D eigenvalue weighted by molar-refractivity contribution is 9.10. The van der Waals surface area contributed by atoms with Crippen molar-refractivity contribution in [3.8, 4) is 5.75 Å². The van der Waals surface area contributed by atoms with Gasteiger partial charge in [0.1, 0.15) is 18.2 Å². The van der Waals surface area contributed by atoms with Gasteiger partial charge in [0, 0.05) is 10.0 Å². The van der Waals surface area contributed by atoms with Crippen LogP contribution >= 0.6 is 15.9 Å². The molecule has 0 fully saturated rings. The Labute approximate surface area is 124 Å². The highest BCUT2D eigenvalue weighted by Gasteiger charge is 2.04. The van der Waals surface area contributed by atoms with Crippen LogP contribution in [0.1, 0.15) is 10.4 Å². The van der Waals surface area contributed by atoms with Crippen molar-refractivity contribution < 1.29 is 13.9 Å². The lowest BCUT2D eigenvalue weighted by molar-refractivity contribution is 0.0947. The molecule has 1 N–H and O–H groups in total. The number of carbonyl (C=O) groups is 1. The number of ether oxygens (including phenoxy) is 1. The molecule has 0 spiro atoms. The standard InChI is InChI=1S/C15H13BrFNO2/c16-12-3-1-2-11(10-12)15(19)18-8-9-20-14-6-4-13(17)5-7-14/h1-7,10H,8-9H2,(H,18,19). The molecular weight excluding hydrogens is 325 g/mol. The zero-order valence-electron chi connectivity index (χ0n) is 10.6. The number of hydrogen-bond acceptors (Lipinski definition) is 2. The van der Waals surface area contributed by atoms with Gasteiger partial charge in [0.15, 0.2) is 0 Å². The fourth-order valence-electron chi connectivity index (χ4n) is 1.60. The largest absolute Gasteiger partial charge is 0.492 e. The predicted octanol–water partition coefficient (Wildman–Crippen LogP) is 3.40. The summed E-state index contributed by atoms with van der Waals surface area (Å²) < 4.78 is 18.9. The predicted molar refractivity (Wildman–Crippen MR) is 78.4 cm³/mol. The second-order valence-electron chi connectivity index (χ2n) is 4.07. The SMILES string of the molecule is O=C(NCCOc1ccc(F)cc1)c1cccc(Br)c1. The molecule has 0 unspecified atom stereocenters. The second-order valence-corrected chi connectivity index (χ2v) is 4.98. The van der Waals surface area contributed by atoms with Crippen LogP contribution in [0.15, 0.2) is 53.0 Å². The van der Waals surface area contributed by atoms with Gasteiger partial charge in [-0.05, 0) is 42.5 Å². The summed E-state index contributed by atoms with van der Waals surface area (Å²) in [5, 5.41) is 2.75. The maximum absolute atomic E-state index is 12.7. The van der Waals surface area contributed by atoms with Crippen molar-refractivity contribution in [1.29, 1.82) is 0 Å². The molecule has 0 aliphatic heterocycles. The highest BCUT2D eigenvalue weighted by atomic mass is 79.9. The minimum Gasteiger partial charge on any atom is -0.492 e. The molecule has 0 atom stereocenters. The summed E-state index contributed by atoms with van der Waals surface area (Å²) in [5.74, 6) is 0.109. The lowest BCUT2D eigenvalue weighted by Gasteiger charge is -2.08. The van der Waals surface area contributed by atoms with Crippen molar-refractivity contribution in [3.05, 3.63) is 64.4 Å². The number of benzene rings is 2. The smallest absolute Gasteiger partial charge is 0.251 e. The Kier molecular flexibility index (Phi) is 5.12. The Morgan fingerprint density at radius 2 is 1.95 bits per heavy atom. The Morgan fingerprint density at radius 1 is 1.20 bits per heavy atom. The van der Waals surface area contributed by atoms with E-state index >= 15 is 0 Å². The number of rotatable bonds is 5. The van der Waals surface area contributed by atoms with Gasteiger partial charge >= 0.3 is 0 Å². The molecule has 0 aromatic heterocycles. The molecule has 20 heavy (non-hydrogen) atoms. The molecule has 5 heteroatoms. The minimum atomic E-state index is -0.305. The second kappa shape index (κ2) is 7.05. The van der Waals surface area contributed by atoms with Crippen LogP contribution < -0.4 is 10.1 Å². The van der Waals surface area contributed by atoms with Crippen LogP contribution in [0.3, 0.4) is 0 Å². The monoisotopic (exact) mass is 337 g/mol. The highest BCUT2D eigenvalue weighted by Crippen LogP contribution is 2.12. The maximum atomic E-state index is 12.7. The average Bonchev–Trinajstić information content (AvgIpc) is 2.45. The third kappa shape index (κ3) is 4.35. The maximum Gasteiger partial charge on any atom is 0.251 e. The van der Waals surface area contributed by atoms with Crippen molar-refractivity contribution in [3.63, 3.8) is 0 Å². The minimum absolute atomic E-state index is 0.158. The average molecular weight is 338 g/mol. The van der Waals surface area contributed by atoms with E-state index in [1.165, 1.54) is 12.1 Å². The normalized spacial score (nSPS) is 10.1. The Morgan fingerprint density at radius 3 is 2.65 bits per heavy atom. The Balaban J connectivity index is 1.76. The summed E-state index contributed by atoms with van der Waals surface area (Å²) >= 11 is 3.31. The summed E-state index contributed by atoms with van der Waals surface area (Å²) in [6.07, 6.45) is 0. The van der Waals surface area contributed by atoms with E-state index < -0.39 is 0 Å². The van der Waals surface area contributed by atoms with Gasteiger partial charge in [-0.3, -0.25) is 4.79 Å². The number of nitrogens with one attached hydrogen (secondary N) is 1. The summed E-state index contributed by atoms with van der Waals surface area (Å²) in [6, 6.07) is 12.9. The third-order valence-corrected chi connectivity index (χ3v) is 3.05. The summed E-state index contributed by atoms with van der Waals surface area (Å²) in [4.78, 5) is 11.8. The Hall–Kier alpha value is -1.88. The van der Waals surface area contributed by atoms with Gasteiger partial charge in [-0.25, -0.2) is 4.39 Å². The van der Waals surface area contributed by atoms with E-state index in [0.29, 0.717) is 24.5 Å². The van der Waals surface area contributed by atoms with Crippen molar-refractivity contribution in [2.24, 2.45) is 0 Å². The molecule has 0 saturated heterocycles. The fourth-order valence-corrected chi connectivity index (χ4v) is 2.00. The first kappa shape index (κ1) is 14.5. The van der Waals surface area contributed by atoms with Gasteiger partial charge in [-0.1, -0.05) is 22.0 Å². The summed E-state index contributed by atoms with van der Waals surface area (Å²) in [6.45, 7) is 0.702. The van der Waals surface area contributed by atoms with E-state index in [1.807, 2.05) is 6.07 Å². The molecule has 0 radical (unpaired) electrons. The van der Waals surface area contributed by atoms with Gasteiger partial charge in [0.2, 0.25) is 0 Å². The van der Waals surface area contributed by atoms with E-state index in [-0.39, 0.29) is 11.7 Å². The first-order valence-electron chi connectivity index (χ1n) is 6.07. The molecule has 2 rings (SSSR count). The van der Waals surface area contributed by atoms with Crippen LogP contribution in [0.4, 0.5) is 4.39 Å². The zero-order chi connectivity index (χ0) is 14.4. The lowest BCUT2D eigenvalue weighted by atomic mass is 10.2. The summed E-state index contributed by atoms with van der Waals surface area (Å²) in [7, 11) is 0. The van der Waals surface area contributed by atoms with Gasteiger partial charge in [0.25, 0.3) is 5.91 Å². The quantitative estimate of drug-likeness (QED) is 0.849. The fraction of sp³-hybridized carbons (Fsp3) is 0.133. The van der Waals surface area contributed by atoms with Crippen LogP contribution in [0.2, 0.25) is 0 Å². The van der Waals surface area contributed by atoms with E-state index in [2.05, 4.69) is 21.2 Å². The molecule has 0 bridgehead atoms. The molecule has 1 amide bonds. The van der Waals surface area contributed by atoms with E-state index in [4.69, 9.17) is 4.74 Å². The number of hydrogen-bond donors (Lipinski definition) is 1. The molecule has 104 valence electrons. The molecule has 0 aliphatic carbocycles. The first-order valence-corrected chi connectivity index (χ1v) is 6.86. The molecule has 0 heterocycles. The first-order chi connectivity index (χ1) is 9.65. The molecule has 0 aliphatic rings. The number of halogens is 2. The number of carbonyl (C=O) groups excluding carboxylic acids is 1. The van der Waals surface area contributed by atoms with Crippen LogP contribution in [-0.4, -0.2) is 19.1 Å². The van der Waals surface area contributed by atoms with Crippen LogP contribution in [0, 0.1) is 5.82 Å². The molecule has 2 aromatic carbocycles. The Bertz CT molecular complexity index is 587. The molecule has 0 saturated carbocycles. The van der Waals surface area contributed by atoms with Crippen LogP contribution in [-0.2, 0) is 0 Å². The topological polar surface area (TPSA) is 38.3 Å². The zero-order valence-corrected chi connectivity index (χ0v) is 12.2. The molecular formula is C15H13BrFNO2. The van der Waals surface area contributed by atoms with E-state index in [1.54, 1.807) is 30.3 Å². The van der Waals surface area contributed by atoms with E-state index in [0.717, 1.165) is 4.47 Å². The molecule has 2 aromatic rings. The van der Waals surface area contributed by atoms with Crippen molar-refractivity contribution in [1.82, 2.24) is 5.32 Å². The number of amides is 1. The van der Waals surface area contributed by atoms with Crippen molar-refractivity contribution in [2.75, 3.05) is 13.2 Å². The van der Waals surface area contributed by atoms with Gasteiger partial charge < -0.3 is 10.1 Å². The van der Waals surface area contributed by atoms with Gasteiger partial charge in [-0.2, -0.15) is 0 Å². The van der Waals surface area contributed by atoms with Crippen LogP contribution in [0.25, 0.3) is 0 Å². The van der Waals surface area contributed by atoms with Crippen molar-refractivity contribution in [2.45, 2.75) is 0 Å². The van der Waals surface area contributed by atoms with Crippen LogP contribution in [0.5, 0.6) is 5.75 Å². The summed E-state index contributed by atoms with van der Waals surface area (Å²) in [5.41, 5.74) is 0.584. The van der Waals surface area contributed by atoms with E-state index in [9.17, 15) is 9.18 Å². The lowest BCUT2D eigenvalue weighted by Crippen LogP contribution is -2.28. The van der Waals surface area contributed by atoms with Gasteiger partial charge in [0.05, 0.1) is 6.54 Å².